The molecule has 7 nitrogen and oxygen atoms in total. The number of hydrogen-bond acceptors (Lipinski definition) is 6. The molecule has 0 aliphatic carbocycles. The normalized spacial score (nSPS) is 14.2. The van der Waals surface area contributed by atoms with Crippen molar-refractivity contribution in [1.82, 2.24) is 14.9 Å². The first kappa shape index (κ1) is 17.5. The maximum atomic E-state index is 11.6. The Morgan fingerprint density at radius 3 is 2.76 bits per heavy atom. The molecule has 1 aliphatic heterocycles. The van der Waals surface area contributed by atoms with E-state index in [-0.39, 0.29) is 5.91 Å². The summed E-state index contributed by atoms with van der Waals surface area (Å²) in [7, 11) is 3.20. The number of hydrogen-bond donors (Lipinski definition) is 2. The van der Waals surface area contributed by atoms with E-state index in [1.54, 1.807) is 14.2 Å². The number of carbonyl (C=O) groups is 1. The number of nitrogens with zero attached hydrogens (tertiary/aromatic N) is 2. The molecule has 0 spiro atoms. The molecule has 1 aromatic carbocycles. The number of ether oxygens (including phenoxy) is 2. The topological polar surface area (TPSA) is 79.5 Å². The van der Waals surface area contributed by atoms with Gasteiger partial charge in [0.1, 0.15) is 5.82 Å². The summed E-state index contributed by atoms with van der Waals surface area (Å²) in [5.41, 5.74) is 0.829. The van der Waals surface area contributed by atoms with Crippen LogP contribution < -0.4 is 14.8 Å². The fourth-order valence-electron chi connectivity index (χ4n) is 3.04. The lowest BCUT2D eigenvalue weighted by molar-refractivity contribution is -0.127. The second-order valence-corrected chi connectivity index (χ2v) is 6.29. The van der Waals surface area contributed by atoms with Gasteiger partial charge in [0.15, 0.2) is 16.3 Å². The molecule has 3 rings (SSSR count). The number of methoxy groups -OCH3 is 2. The number of fused-ring (bicyclic) bond motifs is 1. The summed E-state index contributed by atoms with van der Waals surface area (Å²) in [5, 5.41) is 4.20. The average molecular weight is 362 g/mol. The molecule has 1 saturated heterocycles. The third kappa shape index (κ3) is 3.84. The van der Waals surface area contributed by atoms with Crippen LogP contribution in [0.25, 0.3) is 10.9 Å². The molecule has 0 radical (unpaired) electrons. The SMILES string of the molecule is COc1cc2[nH]c(=S)nc(NCCCN3CCCC3=O)c2cc1OC. The third-order valence-corrected chi connectivity index (χ3v) is 4.50. The summed E-state index contributed by atoms with van der Waals surface area (Å²) in [6.07, 6.45) is 2.50. The fraction of sp³-hybridized carbons (Fsp3) is 0.471. The van der Waals surface area contributed by atoms with Crippen LogP contribution >= 0.6 is 12.2 Å². The van der Waals surface area contributed by atoms with Crippen LogP contribution in [0, 0.1) is 4.77 Å². The van der Waals surface area contributed by atoms with E-state index >= 15 is 0 Å². The summed E-state index contributed by atoms with van der Waals surface area (Å²) >= 11 is 5.22. The summed E-state index contributed by atoms with van der Waals surface area (Å²) in [4.78, 5) is 21.0. The number of aromatic amines is 1. The van der Waals surface area contributed by atoms with Crippen LogP contribution in [-0.4, -0.2) is 54.6 Å². The van der Waals surface area contributed by atoms with Gasteiger partial charge in [-0.3, -0.25) is 4.79 Å². The molecule has 0 atom stereocenters. The van der Waals surface area contributed by atoms with E-state index in [1.807, 2.05) is 17.0 Å². The smallest absolute Gasteiger partial charge is 0.222 e. The van der Waals surface area contributed by atoms with E-state index in [2.05, 4.69) is 15.3 Å². The summed E-state index contributed by atoms with van der Waals surface area (Å²) in [6.45, 7) is 2.34. The molecule has 2 N–H and O–H groups in total. The van der Waals surface area contributed by atoms with Crippen LogP contribution in [0.15, 0.2) is 12.1 Å². The second kappa shape index (κ2) is 7.69. The van der Waals surface area contributed by atoms with Crippen LogP contribution in [0.2, 0.25) is 0 Å². The molecule has 134 valence electrons. The lowest BCUT2D eigenvalue weighted by Crippen LogP contribution is -2.27. The number of amides is 1. The van der Waals surface area contributed by atoms with Crippen LogP contribution in [0.1, 0.15) is 19.3 Å². The lowest BCUT2D eigenvalue weighted by Gasteiger charge is -2.16. The van der Waals surface area contributed by atoms with Crippen molar-refractivity contribution in [1.29, 1.82) is 0 Å². The van der Waals surface area contributed by atoms with E-state index in [9.17, 15) is 4.79 Å². The highest BCUT2D eigenvalue weighted by Gasteiger charge is 2.19. The fourth-order valence-corrected chi connectivity index (χ4v) is 3.24. The Morgan fingerprint density at radius 2 is 2.08 bits per heavy atom. The van der Waals surface area contributed by atoms with Crippen LogP contribution in [0.3, 0.4) is 0 Å². The number of likely N-dealkylation sites (tertiary alicyclic amines) is 1. The molecule has 2 aromatic rings. The van der Waals surface area contributed by atoms with Crippen molar-refractivity contribution in [2.45, 2.75) is 19.3 Å². The predicted octanol–water partition coefficient (Wildman–Crippen LogP) is 2.73. The minimum atomic E-state index is 0.252. The van der Waals surface area contributed by atoms with Gasteiger partial charge in [0, 0.05) is 37.5 Å². The summed E-state index contributed by atoms with van der Waals surface area (Å²) in [6, 6.07) is 3.72. The van der Waals surface area contributed by atoms with E-state index in [4.69, 9.17) is 21.7 Å². The Kier molecular flexibility index (Phi) is 5.37. The van der Waals surface area contributed by atoms with Gasteiger partial charge in [-0.2, -0.15) is 0 Å². The highest BCUT2D eigenvalue weighted by Crippen LogP contribution is 2.33. The molecule has 2 heterocycles. The zero-order valence-corrected chi connectivity index (χ0v) is 15.2. The first-order valence-electron chi connectivity index (χ1n) is 8.30. The standard InChI is InChI=1S/C17H22N4O3S/c1-23-13-9-11-12(10-14(13)24-2)19-17(25)20-16(11)18-6-4-8-21-7-3-5-15(21)22/h9-10H,3-8H2,1-2H3,(H2,18,19,20,25). The maximum absolute atomic E-state index is 11.6. The van der Waals surface area contributed by atoms with Gasteiger partial charge in [-0.15, -0.1) is 0 Å². The molecule has 0 unspecified atom stereocenters. The van der Waals surface area contributed by atoms with Gasteiger partial charge in [0.2, 0.25) is 5.91 Å². The Balaban J connectivity index is 1.75. The number of benzene rings is 1. The lowest BCUT2D eigenvalue weighted by atomic mass is 10.2. The van der Waals surface area contributed by atoms with E-state index in [1.165, 1.54) is 0 Å². The van der Waals surface area contributed by atoms with Crippen molar-refractivity contribution < 1.29 is 14.3 Å². The largest absolute Gasteiger partial charge is 0.493 e. The van der Waals surface area contributed by atoms with Gasteiger partial charge in [0.25, 0.3) is 0 Å². The van der Waals surface area contributed by atoms with Crippen molar-refractivity contribution in [2.75, 3.05) is 39.2 Å². The monoisotopic (exact) mass is 362 g/mol. The minimum absolute atomic E-state index is 0.252. The van der Waals surface area contributed by atoms with E-state index in [0.29, 0.717) is 35.1 Å². The van der Waals surface area contributed by atoms with Gasteiger partial charge in [-0.25, -0.2) is 4.98 Å². The van der Waals surface area contributed by atoms with Gasteiger partial charge in [0.05, 0.1) is 19.7 Å². The molecule has 0 saturated carbocycles. The second-order valence-electron chi connectivity index (χ2n) is 5.91. The van der Waals surface area contributed by atoms with Crippen molar-refractivity contribution in [3.8, 4) is 11.5 Å². The van der Waals surface area contributed by atoms with Crippen LogP contribution in [0.5, 0.6) is 11.5 Å². The molecule has 1 fully saturated rings. The van der Waals surface area contributed by atoms with Crippen molar-refractivity contribution in [2.24, 2.45) is 0 Å². The number of aromatic nitrogens is 2. The Labute approximate surface area is 151 Å². The molecule has 8 heteroatoms. The predicted molar refractivity (Wildman–Crippen MR) is 99.0 cm³/mol. The van der Waals surface area contributed by atoms with E-state index < -0.39 is 0 Å². The molecule has 1 aromatic heterocycles. The summed E-state index contributed by atoms with van der Waals surface area (Å²) < 4.78 is 11.1. The van der Waals surface area contributed by atoms with Crippen LogP contribution in [0.4, 0.5) is 5.82 Å². The Bertz CT molecular complexity index is 836. The molecular weight excluding hydrogens is 340 g/mol. The number of anilines is 1. The third-order valence-electron chi connectivity index (χ3n) is 4.30. The number of rotatable bonds is 7. The highest BCUT2D eigenvalue weighted by atomic mass is 32.1. The molecule has 1 amide bonds. The van der Waals surface area contributed by atoms with Crippen molar-refractivity contribution >= 4 is 34.8 Å². The Hall–Kier alpha value is -2.35. The van der Waals surface area contributed by atoms with Gasteiger partial charge in [-0.05, 0) is 31.1 Å². The average Bonchev–Trinajstić information content (AvgIpc) is 3.02. The number of nitrogens with one attached hydrogen (secondary N) is 2. The Morgan fingerprint density at radius 1 is 1.32 bits per heavy atom. The van der Waals surface area contributed by atoms with Crippen molar-refractivity contribution in [3.63, 3.8) is 0 Å². The quantitative estimate of drug-likeness (QED) is 0.582. The van der Waals surface area contributed by atoms with Crippen LogP contribution in [-0.2, 0) is 4.79 Å². The van der Waals surface area contributed by atoms with Gasteiger partial charge < -0.3 is 24.7 Å². The van der Waals surface area contributed by atoms with Crippen molar-refractivity contribution in [3.05, 3.63) is 16.9 Å². The first-order valence-corrected chi connectivity index (χ1v) is 8.71. The number of carbonyl (C=O) groups excluding carboxylic acids is 1. The molecule has 0 bridgehead atoms. The minimum Gasteiger partial charge on any atom is -0.493 e. The first-order chi connectivity index (χ1) is 12.1. The molecular formula is C17H22N4O3S. The zero-order valence-electron chi connectivity index (χ0n) is 14.4. The molecule has 1 aliphatic rings. The zero-order chi connectivity index (χ0) is 17.8. The van der Waals surface area contributed by atoms with E-state index in [0.717, 1.165) is 36.8 Å². The maximum Gasteiger partial charge on any atom is 0.222 e. The number of H-pyrrole nitrogens is 1. The molecule has 25 heavy (non-hydrogen) atoms. The van der Waals surface area contributed by atoms with Gasteiger partial charge in [-0.1, -0.05) is 0 Å². The summed E-state index contributed by atoms with van der Waals surface area (Å²) in [5.74, 6) is 2.22. The van der Waals surface area contributed by atoms with Gasteiger partial charge >= 0.3 is 0 Å². The highest BCUT2D eigenvalue weighted by molar-refractivity contribution is 7.71.